The Morgan fingerprint density at radius 3 is 2.60 bits per heavy atom. The van der Waals surface area contributed by atoms with Crippen molar-refractivity contribution in [2.24, 2.45) is 0 Å². The lowest BCUT2D eigenvalue weighted by molar-refractivity contribution is 0.102. The Kier molecular flexibility index (Phi) is 4.09. The van der Waals surface area contributed by atoms with Crippen LogP contribution in [0, 0.1) is 19.7 Å². The maximum atomic E-state index is 13.8. The van der Waals surface area contributed by atoms with Gasteiger partial charge in [-0.15, -0.1) is 0 Å². The van der Waals surface area contributed by atoms with E-state index in [1.165, 1.54) is 12.1 Å². The van der Waals surface area contributed by atoms with Crippen LogP contribution >= 0.6 is 15.9 Å². The number of nitrogens with two attached hydrogens (primary N) is 1. The van der Waals surface area contributed by atoms with E-state index in [0.717, 1.165) is 11.1 Å². The van der Waals surface area contributed by atoms with Crippen molar-refractivity contribution >= 4 is 33.2 Å². The Bertz CT molecular complexity index is 686. The second-order valence-corrected chi connectivity index (χ2v) is 5.48. The number of anilines is 2. The lowest BCUT2D eigenvalue weighted by atomic mass is 10.1. The molecule has 104 valence electrons. The molecule has 0 unspecified atom stereocenters. The van der Waals surface area contributed by atoms with Gasteiger partial charge in [-0.25, -0.2) is 4.39 Å². The fourth-order valence-electron chi connectivity index (χ4n) is 1.78. The van der Waals surface area contributed by atoms with Crippen molar-refractivity contribution in [3.8, 4) is 0 Å². The number of amides is 1. The molecular weight excluding hydrogens is 323 g/mol. The van der Waals surface area contributed by atoms with Crippen molar-refractivity contribution in [3.05, 3.63) is 57.3 Å². The molecule has 0 saturated heterocycles. The third kappa shape index (κ3) is 2.99. The van der Waals surface area contributed by atoms with Crippen LogP contribution < -0.4 is 11.1 Å². The zero-order chi connectivity index (χ0) is 14.9. The number of hydrogen-bond donors (Lipinski definition) is 2. The minimum Gasteiger partial charge on any atom is -0.398 e. The van der Waals surface area contributed by atoms with Gasteiger partial charge >= 0.3 is 0 Å². The summed E-state index contributed by atoms with van der Waals surface area (Å²) in [4.78, 5) is 12.1. The number of halogens is 2. The first-order valence-electron chi connectivity index (χ1n) is 6.01. The van der Waals surface area contributed by atoms with E-state index in [4.69, 9.17) is 5.73 Å². The number of rotatable bonds is 2. The van der Waals surface area contributed by atoms with Crippen LogP contribution in [-0.2, 0) is 0 Å². The first kappa shape index (κ1) is 14.5. The van der Waals surface area contributed by atoms with Gasteiger partial charge in [0.05, 0.1) is 11.3 Å². The Balaban J connectivity index is 2.30. The standard InChI is InChI=1S/C15H14BrFN2O/c1-8-3-4-10(12(17)5-8)15(20)19-14-7-13(18)9(2)6-11(14)16/h3-7H,18H2,1-2H3,(H,19,20). The third-order valence-electron chi connectivity index (χ3n) is 2.97. The molecule has 2 rings (SSSR count). The summed E-state index contributed by atoms with van der Waals surface area (Å²) in [5.41, 5.74) is 8.55. The van der Waals surface area contributed by atoms with E-state index in [0.29, 0.717) is 15.8 Å². The molecule has 2 aromatic rings. The number of nitrogen functional groups attached to an aromatic ring is 1. The van der Waals surface area contributed by atoms with E-state index in [-0.39, 0.29) is 5.56 Å². The summed E-state index contributed by atoms with van der Waals surface area (Å²) in [6.07, 6.45) is 0. The van der Waals surface area contributed by atoms with E-state index in [1.54, 1.807) is 25.1 Å². The van der Waals surface area contributed by atoms with Crippen molar-refractivity contribution in [2.75, 3.05) is 11.1 Å². The lowest BCUT2D eigenvalue weighted by Gasteiger charge is -2.11. The lowest BCUT2D eigenvalue weighted by Crippen LogP contribution is -2.14. The number of hydrogen-bond acceptors (Lipinski definition) is 2. The molecule has 2 aromatic carbocycles. The van der Waals surface area contributed by atoms with E-state index in [9.17, 15) is 9.18 Å². The zero-order valence-electron chi connectivity index (χ0n) is 11.1. The highest BCUT2D eigenvalue weighted by molar-refractivity contribution is 9.10. The molecule has 0 aliphatic heterocycles. The second-order valence-electron chi connectivity index (χ2n) is 4.63. The van der Waals surface area contributed by atoms with Gasteiger partial charge < -0.3 is 11.1 Å². The van der Waals surface area contributed by atoms with Crippen LogP contribution in [0.4, 0.5) is 15.8 Å². The van der Waals surface area contributed by atoms with Crippen LogP contribution in [0.25, 0.3) is 0 Å². The fourth-order valence-corrected chi connectivity index (χ4v) is 2.34. The van der Waals surface area contributed by atoms with Gasteiger partial charge in [0.1, 0.15) is 5.82 Å². The fraction of sp³-hybridized carbons (Fsp3) is 0.133. The number of aryl methyl sites for hydroxylation is 2. The summed E-state index contributed by atoms with van der Waals surface area (Å²) in [7, 11) is 0. The monoisotopic (exact) mass is 336 g/mol. The minimum absolute atomic E-state index is 0.00152. The average molecular weight is 337 g/mol. The van der Waals surface area contributed by atoms with Crippen LogP contribution in [0.5, 0.6) is 0 Å². The Morgan fingerprint density at radius 2 is 1.95 bits per heavy atom. The van der Waals surface area contributed by atoms with Crippen molar-refractivity contribution in [1.29, 1.82) is 0 Å². The first-order chi connectivity index (χ1) is 9.38. The predicted molar refractivity (Wildman–Crippen MR) is 82.4 cm³/mol. The van der Waals surface area contributed by atoms with Crippen LogP contribution in [0.3, 0.4) is 0 Å². The molecule has 0 radical (unpaired) electrons. The molecule has 20 heavy (non-hydrogen) atoms. The Hall–Kier alpha value is -1.88. The van der Waals surface area contributed by atoms with Gasteiger partial charge in [-0.2, -0.15) is 0 Å². The van der Waals surface area contributed by atoms with Crippen molar-refractivity contribution in [1.82, 2.24) is 0 Å². The molecule has 5 heteroatoms. The number of nitrogens with one attached hydrogen (secondary N) is 1. The molecule has 3 nitrogen and oxygen atoms in total. The van der Waals surface area contributed by atoms with Gasteiger partial charge in [0.15, 0.2) is 0 Å². The molecule has 0 saturated carbocycles. The molecule has 0 heterocycles. The molecule has 0 atom stereocenters. The van der Waals surface area contributed by atoms with Gasteiger partial charge in [-0.05, 0) is 65.2 Å². The molecular formula is C15H14BrFN2O. The summed E-state index contributed by atoms with van der Waals surface area (Å²) in [5.74, 6) is -1.05. The number of benzene rings is 2. The molecule has 0 aromatic heterocycles. The van der Waals surface area contributed by atoms with Crippen molar-refractivity contribution in [3.63, 3.8) is 0 Å². The van der Waals surface area contributed by atoms with E-state index in [2.05, 4.69) is 21.2 Å². The molecule has 0 bridgehead atoms. The van der Waals surface area contributed by atoms with Crippen molar-refractivity contribution in [2.45, 2.75) is 13.8 Å². The summed E-state index contributed by atoms with van der Waals surface area (Å²) in [6, 6.07) is 7.93. The van der Waals surface area contributed by atoms with Gasteiger partial charge in [-0.3, -0.25) is 4.79 Å². The largest absolute Gasteiger partial charge is 0.398 e. The third-order valence-corrected chi connectivity index (χ3v) is 3.63. The van der Waals surface area contributed by atoms with E-state index >= 15 is 0 Å². The average Bonchev–Trinajstić information content (AvgIpc) is 2.35. The number of carbonyl (C=O) groups is 1. The SMILES string of the molecule is Cc1ccc(C(=O)Nc2cc(N)c(C)cc2Br)c(F)c1. The summed E-state index contributed by atoms with van der Waals surface area (Å²) < 4.78 is 14.4. The topological polar surface area (TPSA) is 55.1 Å². The quantitative estimate of drug-likeness (QED) is 0.813. The minimum atomic E-state index is -0.543. The van der Waals surface area contributed by atoms with Crippen LogP contribution in [0.1, 0.15) is 21.5 Å². The Morgan fingerprint density at radius 1 is 1.25 bits per heavy atom. The summed E-state index contributed by atoms with van der Waals surface area (Å²) in [6.45, 7) is 3.63. The smallest absolute Gasteiger partial charge is 0.258 e. The van der Waals surface area contributed by atoms with E-state index < -0.39 is 11.7 Å². The van der Waals surface area contributed by atoms with Gasteiger partial charge in [0.2, 0.25) is 0 Å². The van der Waals surface area contributed by atoms with E-state index in [1.807, 2.05) is 6.92 Å². The second kappa shape index (κ2) is 5.63. The highest BCUT2D eigenvalue weighted by atomic mass is 79.9. The maximum Gasteiger partial charge on any atom is 0.258 e. The van der Waals surface area contributed by atoms with Gasteiger partial charge in [-0.1, -0.05) is 6.07 Å². The molecule has 0 spiro atoms. The predicted octanol–water partition coefficient (Wildman–Crippen LogP) is 4.04. The molecule has 0 fully saturated rings. The molecule has 3 N–H and O–H groups in total. The van der Waals surface area contributed by atoms with Gasteiger partial charge in [0, 0.05) is 10.2 Å². The Labute approximate surface area is 125 Å². The van der Waals surface area contributed by atoms with Crippen LogP contribution in [-0.4, -0.2) is 5.91 Å². The van der Waals surface area contributed by atoms with Crippen molar-refractivity contribution < 1.29 is 9.18 Å². The highest BCUT2D eigenvalue weighted by Gasteiger charge is 2.13. The first-order valence-corrected chi connectivity index (χ1v) is 6.81. The van der Waals surface area contributed by atoms with Crippen LogP contribution in [0.2, 0.25) is 0 Å². The normalized spacial score (nSPS) is 10.4. The van der Waals surface area contributed by atoms with Crippen LogP contribution in [0.15, 0.2) is 34.8 Å². The maximum absolute atomic E-state index is 13.8. The number of carbonyl (C=O) groups excluding carboxylic acids is 1. The highest BCUT2D eigenvalue weighted by Crippen LogP contribution is 2.28. The molecule has 1 amide bonds. The van der Waals surface area contributed by atoms with Gasteiger partial charge in [0.25, 0.3) is 5.91 Å². The molecule has 0 aliphatic carbocycles. The molecule has 0 aliphatic rings. The zero-order valence-corrected chi connectivity index (χ0v) is 12.7. The summed E-state index contributed by atoms with van der Waals surface area (Å²) in [5, 5.41) is 2.65. The summed E-state index contributed by atoms with van der Waals surface area (Å²) >= 11 is 3.35.